The van der Waals surface area contributed by atoms with Gasteiger partial charge in [-0.05, 0) is 27.8 Å². The topological polar surface area (TPSA) is 24.9 Å². The maximum atomic E-state index is 4.36. The zero-order valence-corrected chi connectivity index (χ0v) is 8.25. The average molecular weight is 170 g/mol. The molecule has 3 heteroatoms. The van der Waals surface area contributed by atoms with E-state index in [9.17, 15) is 0 Å². The van der Waals surface area contributed by atoms with Crippen LogP contribution in [0.25, 0.3) is 0 Å². The summed E-state index contributed by atoms with van der Waals surface area (Å²) in [4.78, 5) is 5.71. The van der Waals surface area contributed by atoms with Crippen LogP contribution in [0.5, 0.6) is 0 Å². The Morgan fingerprint density at radius 2 is 2.09 bits per heavy atom. The lowest BCUT2D eigenvalue weighted by atomic mass is 10.2. The van der Waals surface area contributed by atoms with Gasteiger partial charge in [0.15, 0.2) is 0 Å². The third-order valence-electron chi connectivity index (χ3n) is 1.77. The molecule has 0 fully saturated rings. The van der Waals surface area contributed by atoms with Crippen LogP contribution in [-0.2, 0) is 0 Å². The summed E-state index contributed by atoms with van der Waals surface area (Å²) >= 11 is 1.77. The van der Waals surface area contributed by atoms with E-state index in [1.807, 2.05) is 14.0 Å². The number of hydrogen-bond donors (Lipinski definition) is 1. The smallest absolute Gasteiger partial charge is 0.0900 e. The van der Waals surface area contributed by atoms with Crippen molar-refractivity contribution in [1.82, 2.24) is 10.3 Å². The Labute approximate surface area is 71.7 Å². The van der Waals surface area contributed by atoms with Gasteiger partial charge in [0.25, 0.3) is 0 Å². The summed E-state index contributed by atoms with van der Waals surface area (Å²) in [5.41, 5.74) is 1.16. The molecule has 1 rings (SSSR count). The van der Waals surface area contributed by atoms with E-state index in [0.29, 0.717) is 6.04 Å². The molecule has 1 unspecified atom stereocenters. The number of nitrogens with one attached hydrogen (secondary N) is 1. The molecule has 1 aromatic rings. The molecule has 1 N–H and O–H groups in total. The minimum atomic E-state index is 0.432. The van der Waals surface area contributed by atoms with Gasteiger partial charge in [-0.25, -0.2) is 4.98 Å². The summed E-state index contributed by atoms with van der Waals surface area (Å²) in [5.74, 6) is 0. The Hall–Kier alpha value is -0.410. The van der Waals surface area contributed by atoms with E-state index >= 15 is 0 Å². The fourth-order valence-corrected chi connectivity index (χ4v) is 2.07. The van der Waals surface area contributed by atoms with Crippen LogP contribution < -0.4 is 5.32 Å². The van der Waals surface area contributed by atoms with E-state index < -0.39 is 0 Å². The molecule has 1 heterocycles. The van der Waals surface area contributed by atoms with Gasteiger partial charge in [0, 0.05) is 10.9 Å². The van der Waals surface area contributed by atoms with Crippen LogP contribution in [0.1, 0.15) is 28.5 Å². The van der Waals surface area contributed by atoms with Gasteiger partial charge in [0.05, 0.1) is 10.7 Å². The first-order valence-electron chi connectivity index (χ1n) is 3.76. The summed E-state index contributed by atoms with van der Waals surface area (Å²) in [5, 5.41) is 4.36. The first-order chi connectivity index (χ1) is 5.15. The maximum absolute atomic E-state index is 4.36. The van der Waals surface area contributed by atoms with Crippen molar-refractivity contribution in [2.45, 2.75) is 26.8 Å². The van der Waals surface area contributed by atoms with E-state index in [1.54, 1.807) is 11.3 Å². The highest BCUT2D eigenvalue weighted by Crippen LogP contribution is 2.23. The SMILES string of the molecule is CNC(C)c1sc(C)nc1C. The second kappa shape index (κ2) is 3.32. The van der Waals surface area contributed by atoms with Crippen molar-refractivity contribution in [3.05, 3.63) is 15.6 Å². The molecule has 2 nitrogen and oxygen atoms in total. The predicted molar refractivity (Wildman–Crippen MR) is 49.1 cm³/mol. The summed E-state index contributed by atoms with van der Waals surface area (Å²) in [7, 11) is 1.97. The molecule has 1 aromatic heterocycles. The molecule has 0 saturated carbocycles. The van der Waals surface area contributed by atoms with Gasteiger partial charge in [-0.1, -0.05) is 0 Å². The number of aromatic nitrogens is 1. The molecule has 0 aliphatic carbocycles. The van der Waals surface area contributed by atoms with Gasteiger partial charge in [0.1, 0.15) is 0 Å². The Balaban J connectivity index is 2.93. The Kier molecular flexibility index (Phi) is 2.62. The van der Waals surface area contributed by atoms with Crippen molar-refractivity contribution in [3.63, 3.8) is 0 Å². The largest absolute Gasteiger partial charge is 0.312 e. The van der Waals surface area contributed by atoms with Crippen LogP contribution in [0, 0.1) is 13.8 Å². The zero-order valence-electron chi connectivity index (χ0n) is 7.43. The third-order valence-corrected chi connectivity index (χ3v) is 3.02. The molecule has 1 atom stereocenters. The minimum absolute atomic E-state index is 0.432. The van der Waals surface area contributed by atoms with Crippen LogP contribution >= 0.6 is 11.3 Å². The number of hydrogen-bond acceptors (Lipinski definition) is 3. The fraction of sp³-hybridized carbons (Fsp3) is 0.625. The molecule has 0 amide bonds. The van der Waals surface area contributed by atoms with Gasteiger partial charge in [-0.3, -0.25) is 0 Å². The highest BCUT2D eigenvalue weighted by atomic mass is 32.1. The summed E-state index contributed by atoms with van der Waals surface area (Å²) in [6.45, 7) is 6.26. The van der Waals surface area contributed by atoms with Crippen molar-refractivity contribution >= 4 is 11.3 Å². The van der Waals surface area contributed by atoms with E-state index in [-0.39, 0.29) is 0 Å². The Morgan fingerprint density at radius 1 is 1.45 bits per heavy atom. The van der Waals surface area contributed by atoms with Crippen LogP contribution in [0.15, 0.2) is 0 Å². The van der Waals surface area contributed by atoms with E-state index in [4.69, 9.17) is 0 Å². The lowest BCUT2D eigenvalue weighted by molar-refractivity contribution is 0.658. The highest BCUT2D eigenvalue weighted by molar-refractivity contribution is 7.11. The van der Waals surface area contributed by atoms with Crippen LogP contribution in [0.2, 0.25) is 0 Å². The predicted octanol–water partition coefficient (Wildman–Crippen LogP) is 2.04. The third kappa shape index (κ3) is 1.79. The van der Waals surface area contributed by atoms with Crippen molar-refractivity contribution in [2.24, 2.45) is 0 Å². The van der Waals surface area contributed by atoms with Crippen molar-refractivity contribution < 1.29 is 0 Å². The lowest BCUT2D eigenvalue weighted by Crippen LogP contribution is -2.11. The fourth-order valence-electron chi connectivity index (χ4n) is 1.08. The first kappa shape index (κ1) is 8.68. The average Bonchev–Trinajstić information content (AvgIpc) is 2.28. The molecule has 0 spiro atoms. The molecule has 0 bridgehead atoms. The van der Waals surface area contributed by atoms with Gasteiger partial charge in [-0.15, -0.1) is 11.3 Å². The Morgan fingerprint density at radius 3 is 2.45 bits per heavy atom. The van der Waals surface area contributed by atoms with Crippen LogP contribution in [-0.4, -0.2) is 12.0 Å². The van der Waals surface area contributed by atoms with E-state index in [1.165, 1.54) is 4.88 Å². The molecule has 0 aliphatic heterocycles. The molecular formula is C8H14N2S. The molecule has 0 radical (unpaired) electrons. The summed E-state index contributed by atoms with van der Waals surface area (Å²) in [6.07, 6.45) is 0. The monoisotopic (exact) mass is 170 g/mol. The molecule has 62 valence electrons. The Bertz CT molecular complexity index is 242. The second-order valence-electron chi connectivity index (χ2n) is 2.69. The minimum Gasteiger partial charge on any atom is -0.312 e. The van der Waals surface area contributed by atoms with Crippen molar-refractivity contribution in [1.29, 1.82) is 0 Å². The molecule has 11 heavy (non-hydrogen) atoms. The molecule has 0 aromatic carbocycles. The lowest BCUT2D eigenvalue weighted by Gasteiger charge is -2.06. The number of nitrogens with zero attached hydrogens (tertiary/aromatic N) is 1. The van der Waals surface area contributed by atoms with Gasteiger partial charge in [0.2, 0.25) is 0 Å². The quantitative estimate of drug-likeness (QED) is 0.734. The van der Waals surface area contributed by atoms with Crippen molar-refractivity contribution in [2.75, 3.05) is 7.05 Å². The number of thiazole rings is 1. The number of rotatable bonds is 2. The van der Waals surface area contributed by atoms with Crippen molar-refractivity contribution in [3.8, 4) is 0 Å². The standard InChI is InChI=1S/C8H14N2S/c1-5(9-4)8-6(2)10-7(3)11-8/h5,9H,1-4H3. The second-order valence-corrected chi connectivity index (χ2v) is 3.93. The maximum Gasteiger partial charge on any atom is 0.0900 e. The van der Waals surface area contributed by atoms with Crippen LogP contribution in [0.3, 0.4) is 0 Å². The van der Waals surface area contributed by atoms with E-state index in [2.05, 4.69) is 24.1 Å². The normalized spacial score (nSPS) is 13.5. The van der Waals surface area contributed by atoms with E-state index in [0.717, 1.165) is 10.7 Å². The molecule has 0 aliphatic rings. The zero-order chi connectivity index (χ0) is 8.43. The van der Waals surface area contributed by atoms with Crippen LogP contribution in [0.4, 0.5) is 0 Å². The highest BCUT2D eigenvalue weighted by Gasteiger charge is 2.09. The first-order valence-corrected chi connectivity index (χ1v) is 4.58. The molecule has 0 saturated heterocycles. The molecular weight excluding hydrogens is 156 g/mol. The number of aryl methyl sites for hydroxylation is 2. The van der Waals surface area contributed by atoms with Gasteiger partial charge < -0.3 is 5.32 Å². The van der Waals surface area contributed by atoms with Gasteiger partial charge in [-0.2, -0.15) is 0 Å². The van der Waals surface area contributed by atoms with Gasteiger partial charge >= 0.3 is 0 Å². The summed E-state index contributed by atoms with van der Waals surface area (Å²) < 4.78 is 0. The summed E-state index contributed by atoms with van der Waals surface area (Å²) in [6, 6.07) is 0.432.